The van der Waals surface area contributed by atoms with E-state index in [1.807, 2.05) is 31.2 Å². The van der Waals surface area contributed by atoms with E-state index < -0.39 is 27.7 Å². The number of rotatable bonds is 19. The quantitative estimate of drug-likeness (QED) is 0.0411. The molecule has 29 heteroatoms. The zero-order valence-electron chi connectivity index (χ0n) is 56.0. The summed E-state index contributed by atoms with van der Waals surface area (Å²) in [6, 6.07) is 37.4. The SMILES string of the molecule is C=CC(=O)N1CCC[C@@H](n2cc(C(N)=O)c(-c3ccc(NC(=O)Nc4cccc(C)c4)cc3)n2)C1.C=CC(=O)N1CCC[C@@H](n2cc(C(N)=O)c(-c3ccc(NS(=O)(=O)c4cccc(Cl)c4Cl)cc3)n2)C1.C=CC(=O)N1CCC[C@@H](n2cc(C(N)=O)c(-c3ccc(Oc4ccc(F)cc4)cc3)n2)C1. The van der Waals surface area contributed by atoms with Crippen LogP contribution in [0.2, 0.25) is 10.0 Å². The van der Waals surface area contributed by atoms with Crippen LogP contribution in [-0.2, 0) is 24.4 Å². The number of benzene rings is 6. The number of aryl methyl sites for hydroxylation is 1. The molecule has 9 aromatic rings. The molecule has 8 amide bonds. The van der Waals surface area contributed by atoms with Gasteiger partial charge in [0.05, 0.1) is 44.9 Å². The molecule has 0 unspecified atom stereocenters. The van der Waals surface area contributed by atoms with Crippen molar-refractivity contribution >= 4 is 91.8 Å². The molecule has 3 aliphatic heterocycles. The number of anilines is 3. The number of nitrogens with zero attached hydrogens (tertiary/aromatic N) is 9. The molecule has 532 valence electrons. The number of piperidine rings is 3. The highest BCUT2D eigenvalue weighted by Gasteiger charge is 2.31. The van der Waals surface area contributed by atoms with Crippen molar-refractivity contribution in [2.45, 2.75) is 68.5 Å². The molecule has 0 spiro atoms. The first-order valence-electron chi connectivity index (χ1n) is 32.7. The summed E-state index contributed by atoms with van der Waals surface area (Å²) in [7, 11) is -3.99. The topological polar surface area (TPSA) is 340 Å². The van der Waals surface area contributed by atoms with Crippen LogP contribution >= 0.6 is 23.2 Å². The van der Waals surface area contributed by atoms with Crippen molar-refractivity contribution in [3.05, 3.63) is 234 Å². The van der Waals surface area contributed by atoms with Gasteiger partial charge in [0.1, 0.15) is 39.3 Å². The fraction of sp³-hybridized carbons (Fsp3) is 0.216. The molecule has 3 atom stereocenters. The van der Waals surface area contributed by atoms with Crippen molar-refractivity contribution in [1.29, 1.82) is 0 Å². The zero-order valence-corrected chi connectivity index (χ0v) is 58.3. The fourth-order valence-electron chi connectivity index (χ4n) is 12.1. The highest BCUT2D eigenvalue weighted by molar-refractivity contribution is 7.92. The molecule has 6 heterocycles. The van der Waals surface area contributed by atoms with E-state index in [-0.39, 0.29) is 73.9 Å². The third-order valence-electron chi connectivity index (χ3n) is 17.2. The Bertz CT molecular complexity index is 4800. The molecule has 3 aliphatic rings. The van der Waals surface area contributed by atoms with E-state index in [1.54, 1.807) is 132 Å². The number of ether oxygens (including phenoxy) is 1. The van der Waals surface area contributed by atoms with Gasteiger partial charge in [-0.15, -0.1) is 0 Å². The summed E-state index contributed by atoms with van der Waals surface area (Å²) in [5, 5.41) is 19.5. The van der Waals surface area contributed by atoms with E-state index in [9.17, 15) is 46.4 Å². The van der Waals surface area contributed by atoms with Crippen LogP contribution in [0.3, 0.4) is 0 Å². The highest BCUT2D eigenvalue weighted by Crippen LogP contribution is 2.35. The minimum absolute atomic E-state index is 0.0550. The Morgan fingerprint density at radius 1 is 0.524 bits per heavy atom. The lowest BCUT2D eigenvalue weighted by molar-refractivity contribution is -0.128. The summed E-state index contributed by atoms with van der Waals surface area (Å²) in [6.07, 6.45) is 13.7. The Kier molecular flexibility index (Phi) is 23.9. The predicted octanol–water partition coefficient (Wildman–Crippen LogP) is 12.0. The minimum atomic E-state index is -3.99. The summed E-state index contributed by atoms with van der Waals surface area (Å²) < 4.78 is 51.9. The summed E-state index contributed by atoms with van der Waals surface area (Å²) in [5.74, 6) is -1.46. The van der Waals surface area contributed by atoms with Crippen LogP contribution in [0.4, 0.5) is 26.2 Å². The summed E-state index contributed by atoms with van der Waals surface area (Å²) in [6.45, 7) is 16.0. The van der Waals surface area contributed by atoms with E-state index >= 15 is 0 Å². The molecule has 3 aromatic heterocycles. The first kappa shape index (κ1) is 74.0. The number of amides is 8. The fourth-order valence-corrected chi connectivity index (χ4v) is 13.9. The number of urea groups is 1. The number of aromatic nitrogens is 6. The van der Waals surface area contributed by atoms with Crippen molar-refractivity contribution < 1.29 is 51.1 Å². The Balaban J connectivity index is 0.000000166. The number of likely N-dealkylation sites (tertiary alicyclic amines) is 3. The van der Waals surface area contributed by atoms with Crippen LogP contribution in [0, 0.1) is 12.7 Å². The second kappa shape index (κ2) is 33.2. The van der Waals surface area contributed by atoms with E-state index in [0.717, 1.165) is 44.1 Å². The maximum Gasteiger partial charge on any atom is 0.323 e. The van der Waals surface area contributed by atoms with Gasteiger partial charge in [-0.2, -0.15) is 15.3 Å². The van der Waals surface area contributed by atoms with Crippen molar-refractivity contribution in [2.24, 2.45) is 17.2 Å². The molecule has 0 saturated carbocycles. The third-order valence-corrected chi connectivity index (χ3v) is 19.6. The number of nitrogens with one attached hydrogen (secondary N) is 3. The zero-order chi connectivity index (χ0) is 73.6. The van der Waals surface area contributed by atoms with Crippen LogP contribution in [0.1, 0.15) is 93.3 Å². The molecule has 3 saturated heterocycles. The lowest BCUT2D eigenvalue weighted by atomic mass is 10.1. The van der Waals surface area contributed by atoms with Crippen LogP contribution in [0.5, 0.6) is 11.5 Å². The van der Waals surface area contributed by atoms with Gasteiger partial charge in [0.25, 0.3) is 27.7 Å². The summed E-state index contributed by atoms with van der Waals surface area (Å²) in [4.78, 5) is 89.8. The molecule has 0 radical (unpaired) electrons. The van der Waals surface area contributed by atoms with Crippen molar-refractivity contribution in [1.82, 2.24) is 44.0 Å². The number of nitrogens with two attached hydrogens (primary N) is 3. The van der Waals surface area contributed by atoms with Gasteiger partial charge >= 0.3 is 6.03 Å². The van der Waals surface area contributed by atoms with Gasteiger partial charge in [0.15, 0.2) is 0 Å². The molecule has 25 nitrogen and oxygen atoms in total. The Labute approximate surface area is 603 Å². The van der Waals surface area contributed by atoms with E-state index in [0.29, 0.717) is 107 Å². The van der Waals surface area contributed by atoms with Crippen molar-refractivity contribution in [3.8, 4) is 45.3 Å². The van der Waals surface area contributed by atoms with Crippen molar-refractivity contribution in [3.63, 3.8) is 0 Å². The lowest BCUT2D eigenvalue weighted by Gasteiger charge is -2.32. The van der Waals surface area contributed by atoms with Gasteiger partial charge in [0.2, 0.25) is 17.7 Å². The van der Waals surface area contributed by atoms with Gasteiger partial charge in [-0.25, -0.2) is 17.6 Å². The van der Waals surface area contributed by atoms with E-state index in [4.69, 9.17) is 45.1 Å². The maximum atomic E-state index is 13.1. The van der Waals surface area contributed by atoms with Crippen LogP contribution in [0.15, 0.2) is 201 Å². The van der Waals surface area contributed by atoms with Gasteiger partial charge in [-0.1, -0.05) is 85.4 Å². The summed E-state index contributed by atoms with van der Waals surface area (Å²) >= 11 is 12.0. The Morgan fingerprint density at radius 2 is 0.903 bits per heavy atom. The average Bonchev–Trinajstić information content (AvgIpc) is 1.75. The second-order valence-electron chi connectivity index (χ2n) is 24.4. The van der Waals surface area contributed by atoms with Crippen LogP contribution in [-0.4, -0.2) is 133 Å². The number of sulfonamides is 1. The maximum absolute atomic E-state index is 13.1. The number of primary amides is 3. The highest BCUT2D eigenvalue weighted by atomic mass is 35.5. The van der Waals surface area contributed by atoms with Crippen LogP contribution < -0.4 is 37.3 Å². The number of carbonyl (C=O) groups is 7. The normalized spacial score (nSPS) is 15.7. The number of hydrogen-bond acceptors (Lipinski definition) is 13. The van der Waals surface area contributed by atoms with Gasteiger partial charge < -0.3 is 47.3 Å². The molecule has 0 aliphatic carbocycles. The molecular formula is C74H74Cl2FN15O10S. The number of halogens is 3. The predicted molar refractivity (Wildman–Crippen MR) is 391 cm³/mol. The van der Waals surface area contributed by atoms with Gasteiger partial charge in [0, 0.05) is 91.6 Å². The van der Waals surface area contributed by atoms with E-state index in [1.165, 1.54) is 48.6 Å². The number of carbonyl (C=O) groups excluding carboxylic acids is 7. The molecule has 0 bridgehead atoms. The van der Waals surface area contributed by atoms with E-state index in [2.05, 4.69) is 50.4 Å². The van der Waals surface area contributed by atoms with Gasteiger partial charge in [-0.3, -0.25) is 47.5 Å². The van der Waals surface area contributed by atoms with Crippen LogP contribution in [0.25, 0.3) is 33.8 Å². The largest absolute Gasteiger partial charge is 0.457 e. The molecular weight excluding hydrogens is 1380 g/mol. The smallest absolute Gasteiger partial charge is 0.323 e. The first-order chi connectivity index (χ1) is 49.4. The second-order valence-corrected chi connectivity index (χ2v) is 26.8. The monoisotopic (exact) mass is 1450 g/mol. The Morgan fingerprint density at radius 3 is 1.30 bits per heavy atom. The third kappa shape index (κ3) is 18.5. The molecule has 103 heavy (non-hydrogen) atoms. The summed E-state index contributed by atoms with van der Waals surface area (Å²) in [5.41, 5.74) is 23.6. The lowest BCUT2D eigenvalue weighted by Crippen LogP contribution is -2.40. The van der Waals surface area contributed by atoms with Crippen molar-refractivity contribution in [2.75, 3.05) is 54.6 Å². The average molecular weight is 1460 g/mol. The molecule has 12 rings (SSSR count). The molecule has 3 fully saturated rings. The number of hydrogen-bond donors (Lipinski definition) is 6. The first-order valence-corrected chi connectivity index (χ1v) is 34.9. The minimum Gasteiger partial charge on any atom is -0.457 e. The van der Waals surface area contributed by atoms with Gasteiger partial charge in [-0.05, 0) is 166 Å². The standard InChI is InChI=1S/C26H28N6O3.C24H23Cl2N5O4S.C24H23FN4O3/c1-3-23(33)31-13-5-8-21(15-31)32-16-22(25(27)34)24(30-32)18-9-11-19(12-10-18)28-26(35)29-20-7-4-6-17(2)14-20;1-2-21(32)30-12-4-5-17(13-30)31-14-18(24(27)33)23(28-31)15-8-10-16(11-9-15)29-36(34,35)20-7-3-6-19(25)22(20)26;1-2-22(30)28-13-3-4-18(14-28)29-15-21(24(26)31)23(27-29)16-5-9-19(10-6-16)32-20-11-7-17(25)8-12-20/h3-4,6-7,9-12,14,16,21H,1,5,8,13,15H2,2H3,(H2,27,34)(H2,28,29,35);2-3,6-11,14,17,29H,1,4-5,12-13H2,(H2,27,33);2,5-12,15,18H,1,3-4,13-14H2,(H2,26,31)/t21-;17-;18-/m111/s1. The molecule has 6 aromatic carbocycles. The Hall–Kier alpha value is -11.7. The molecule has 9 N–H and O–H groups in total.